The van der Waals surface area contributed by atoms with E-state index < -0.39 is 0 Å². The van der Waals surface area contributed by atoms with Crippen LogP contribution in [-0.4, -0.2) is 31.6 Å². The number of benzene rings is 2. The Kier molecular flexibility index (Phi) is 4.24. The molecule has 1 heterocycles. The standard InChI is InChI=1S/C19H21NO3/c1-13-11-20(12-14-7-4-5-8-15(13)14)19(21)18-16(22-2)9-6-10-17(18)23-3/h4-10,13H,11-12H2,1-3H3. The third kappa shape index (κ3) is 2.77. The van der Waals surface area contributed by atoms with Crippen molar-refractivity contribution in [2.24, 2.45) is 0 Å². The van der Waals surface area contributed by atoms with Gasteiger partial charge < -0.3 is 14.4 Å². The molecule has 0 aromatic heterocycles. The Hall–Kier alpha value is -2.49. The average molecular weight is 311 g/mol. The first-order valence-corrected chi connectivity index (χ1v) is 7.73. The van der Waals surface area contributed by atoms with Crippen LogP contribution in [0.2, 0.25) is 0 Å². The van der Waals surface area contributed by atoms with Gasteiger partial charge in [-0.25, -0.2) is 0 Å². The lowest BCUT2D eigenvalue weighted by Gasteiger charge is -2.33. The van der Waals surface area contributed by atoms with E-state index >= 15 is 0 Å². The molecule has 0 spiro atoms. The van der Waals surface area contributed by atoms with Gasteiger partial charge in [0.1, 0.15) is 17.1 Å². The van der Waals surface area contributed by atoms with Crippen molar-refractivity contribution in [1.29, 1.82) is 0 Å². The number of fused-ring (bicyclic) bond motifs is 1. The number of rotatable bonds is 3. The number of hydrogen-bond acceptors (Lipinski definition) is 3. The fraction of sp³-hybridized carbons (Fsp3) is 0.316. The van der Waals surface area contributed by atoms with Gasteiger partial charge in [-0.2, -0.15) is 0 Å². The van der Waals surface area contributed by atoms with Gasteiger partial charge in [0, 0.05) is 13.1 Å². The summed E-state index contributed by atoms with van der Waals surface area (Å²) in [7, 11) is 3.14. The maximum absolute atomic E-state index is 13.1. The second-order valence-corrected chi connectivity index (χ2v) is 5.82. The van der Waals surface area contributed by atoms with E-state index in [1.54, 1.807) is 26.4 Å². The number of carbonyl (C=O) groups is 1. The molecule has 0 bridgehead atoms. The van der Waals surface area contributed by atoms with Crippen LogP contribution < -0.4 is 9.47 Å². The van der Waals surface area contributed by atoms with Crippen LogP contribution in [0, 0.1) is 0 Å². The summed E-state index contributed by atoms with van der Waals surface area (Å²) in [5.41, 5.74) is 3.01. The lowest BCUT2D eigenvalue weighted by atomic mass is 9.91. The van der Waals surface area contributed by atoms with E-state index in [4.69, 9.17) is 9.47 Å². The van der Waals surface area contributed by atoms with E-state index in [1.165, 1.54) is 11.1 Å². The monoisotopic (exact) mass is 311 g/mol. The van der Waals surface area contributed by atoms with Gasteiger partial charge in [0.2, 0.25) is 0 Å². The molecular formula is C19H21NO3. The maximum Gasteiger partial charge on any atom is 0.261 e. The Morgan fingerprint density at radius 2 is 1.70 bits per heavy atom. The minimum atomic E-state index is -0.0550. The van der Waals surface area contributed by atoms with Gasteiger partial charge in [0.15, 0.2) is 0 Å². The van der Waals surface area contributed by atoms with Gasteiger partial charge in [-0.05, 0) is 29.2 Å². The molecule has 1 unspecified atom stereocenters. The summed E-state index contributed by atoms with van der Waals surface area (Å²) in [5, 5.41) is 0. The number of nitrogens with zero attached hydrogens (tertiary/aromatic N) is 1. The molecule has 0 saturated carbocycles. The van der Waals surface area contributed by atoms with E-state index in [9.17, 15) is 4.79 Å². The minimum absolute atomic E-state index is 0.0550. The van der Waals surface area contributed by atoms with Gasteiger partial charge in [0.25, 0.3) is 5.91 Å². The van der Waals surface area contributed by atoms with Crippen molar-refractivity contribution < 1.29 is 14.3 Å². The molecule has 0 N–H and O–H groups in total. The molecule has 0 saturated heterocycles. The van der Waals surface area contributed by atoms with Crippen LogP contribution in [0.4, 0.5) is 0 Å². The van der Waals surface area contributed by atoms with Crippen molar-refractivity contribution in [2.75, 3.05) is 20.8 Å². The Balaban J connectivity index is 1.97. The molecule has 1 atom stereocenters. The number of ether oxygens (including phenoxy) is 2. The Labute approximate surface area is 136 Å². The molecular weight excluding hydrogens is 290 g/mol. The van der Waals surface area contributed by atoms with Crippen LogP contribution in [0.5, 0.6) is 11.5 Å². The van der Waals surface area contributed by atoms with Crippen LogP contribution in [-0.2, 0) is 6.54 Å². The zero-order chi connectivity index (χ0) is 16.4. The second-order valence-electron chi connectivity index (χ2n) is 5.82. The fourth-order valence-corrected chi connectivity index (χ4v) is 3.23. The molecule has 2 aromatic carbocycles. The van der Waals surface area contributed by atoms with E-state index in [-0.39, 0.29) is 5.91 Å². The highest BCUT2D eigenvalue weighted by Gasteiger charge is 2.29. The Morgan fingerprint density at radius 3 is 2.35 bits per heavy atom. The first-order chi connectivity index (χ1) is 11.2. The highest BCUT2D eigenvalue weighted by Crippen LogP contribution is 2.33. The summed E-state index contributed by atoms with van der Waals surface area (Å²) >= 11 is 0. The number of methoxy groups -OCH3 is 2. The normalized spacial score (nSPS) is 16.7. The van der Waals surface area contributed by atoms with E-state index in [1.807, 2.05) is 17.0 Å². The van der Waals surface area contributed by atoms with Crippen LogP contribution in [0.3, 0.4) is 0 Å². The van der Waals surface area contributed by atoms with Gasteiger partial charge in [0.05, 0.1) is 14.2 Å². The van der Waals surface area contributed by atoms with Gasteiger partial charge >= 0.3 is 0 Å². The predicted molar refractivity (Wildman–Crippen MR) is 89.1 cm³/mol. The van der Waals surface area contributed by atoms with Crippen molar-refractivity contribution in [2.45, 2.75) is 19.4 Å². The average Bonchev–Trinajstić information content (AvgIpc) is 2.60. The minimum Gasteiger partial charge on any atom is -0.496 e. The van der Waals surface area contributed by atoms with Crippen molar-refractivity contribution in [3.63, 3.8) is 0 Å². The molecule has 0 fully saturated rings. The Morgan fingerprint density at radius 1 is 1.04 bits per heavy atom. The number of hydrogen-bond donors (Lipinski definition) is 0. The summed E-state index contributed by atoms with van der Waals surface area (Å²) in [5.74, 6) is 1.34. The quantitative estimate of drug-likeness (QED) is 0.871. The molecule has 1 aliphatic heterocycles. The predicted octanol–water partition coefficient (Wildman–Crippen LogP) is 3.46. The van der Waals surface area contributed by atoms with E-state index in [2.05, 4.69) is 25.1 Å². The third-order valence-corrected chi connectivity index (χ3v) is 4.37. The lowest BCUT2D eigenvalue weighted by molar-refractivity contribution is 0.0714. The molecule has 3 rings (SSSR count). The van der Waals surface area contributed by atoms with Crippen molar-refractivity contribution in [3.05, 3.63) is 59.2 Å². The maximum atomic E-state index is 13.1. The summed E-state index contributed by atoms with van der Waals surface area (Å²) in [6.07, 6.45) is 0. The molecule has 120 valence electrons. The molecule has 0 radical (unpaired) electrons. The van der Waals surface area contributed by atoms with E-state index in [0.29, 0.717) is 36.1 Å². The first-order valence-electron chi connectivity index (χ1n) is 7.73. The molecule has 4 heteroatoms. The van der Waals surface area contributed by atoms with Crippen LogP contribution in [0.1, 0.15) is 34.3 Å². The number of carbonyl (C=O) groups excluding carboxylic acids is 1. The zero-order valence-corrected chi connectivity index (χ0v) is 13.7. The molecule has 2 aromatic rings. The smallest absolute Gasteiger partial charge is 0.261 e. The number of amides is 1. The summed E-state index contributed by atoms with van der Waals surface area (Å²) in [6.45, 7) is 3.45. The highest BCUT2D eigenvalue weighted by atomic mass is 16.5. The third-order valence-electron chi connectivity index (χ3n) is 4.37. The summed E-state index contributed by atoms with van der Waals surface area (Å²) in [4.78, 5) is 14.9. The van der Waals surface area contributed by atoms with Crippen LogP contribution in [0.25, 0.3) is 0 Å². The van der Waals surface area contributed by atoms with Crippen molar-refractivity contribution in [1.82, 2.24) is 4.90 Å². The van der Waals surface area contributed by atoms with Crippen molar-refractivity contribution >= 4 is 5.91 Å². The zero-order valence-electron chi connectivity index (χ0n) is 13.7. The lowest BCUT2D eigenvalue weighted by Crippen LogP contribution is -2.37. The Bertz CT molecular complexity index is 704. The van der Waals surface area contributed by atoms with E-state index in [0.717, 1.165) is 0 Å². The largest absolute Gasteiger partial charge is 0.496 e. The first kappa shape index (κ1) is 15.4. The summed E-state index contributed by atoms with van der Waals surface area (Å²) < 4.78 is 10.7. The molecule has 23 heavy (non-hydrogen) atoms. The second kappa shape index (κ2) is 6.32. The molecule has 0 aliphatic carbocycles. The van der Waals surface area contributed by atoms with Gasteiger partial charge in [-0.15, -0.1) is 0 Å². The molecule has 1 aliphatic rings. The van der Waals surface area contributed by atoms with Gasteiger partial charge in [-0.3, -0.25) is 4.79 Å². The molecule has 4 nitrogen and oxygen atoms in total. The molecule has 1 amide bonds. The van der Waals surface area contributed by atoms with Crippen molar-refractivity contribution in [3.8, 4) is 11.5 Å². The van der Waals surface area contributed by atoms with Crippen LogP contribution in [0.15, 0.2) is 42.5 Å². The summed E-state index contributed by atoms with van der Waals surface area (Å²) in [6, 6.07) is 13.7. The van der Waals surface area contributed by atoms with Crippen LogP contribution >= 0.6 is 0 Å². The SMILES string of the molecule is COc1cccc(OC)c1C(=O)N1Cc2ccccc2C(C)C1. The fourth-order valence-electron chi connectivity index (χ4n) is 3.23. The topological polar surface area (TPSA) is 38.8 Å². The highest BCUT2D eigenvalue weighted by molar-refractivity contribution is 5.99. The van der Waals surface area contributed by atoms with Gasteiger partial charge in [-0.1, -0.05) is 37.3 Å².